The molecule has 1 N–H and O–H groups in total. The van der Waals surface area contributed by atoms with Crippen LogP contribution in [0.1, 0.15) is 43.7 Å². The average molecular weight is 362 g/mol. The van der Waals surface area contributed by atoms with E-state index in [1.54, 1.807) is 6.08 Å². The summed E-state index contributed by atoms with van der Waals surface area (Å²) in [7, 11) is 0. The molecule has 0 aliphatic heterocycles. The molecule has 0 saturated carbocycles. The number of carbonyl (C=O) groups is 1. The zero-order chi connectivity index (χ0) is 19.5. The van der Waals surface area contributed by atoms with Crippen LogP contribution in [-0.2, 0) is 4.79 Å². The van der Waals surface area contributed by atoms with E-state index in [0.29, 0.717) is 12.3 Å². The number of anilines is 1. The van der Waals surface area contributed by atoms with Gasteiger partial charge >= 0.3 is 0 Å². The van der Waals surface area contributed by atoms with E-state index in [1.165, 1.54) is 19.3 Å². The highest BCUT2D eigenvalue weighted by Crippen LogP contribution is 2.16. The van der Waals surface area contributed by atoms with E-state index in [2.05, 4.69) is 12.2 Å². The molecule has 0 radical (unpaired) electrons. The molecule has 0 atom stereocenters. The first kappa shape index (κ1) is 20.3. The van der Waals surface area contributed by atoms with Crippen molar-refractivity contribution in [1.82, 2.24) is 0 Å². The van der Waals surface area contributed by atoms with E-state index in [9.17, 15) is 10.1 Å². The van der Waals surface area contributed by atoms with Crippen LogP contribution in [-0.4, -0.2) is 12.5 Å². The zero-order valence-corrected chi connectivity index (χ0v) is 16.0. The van der Waals surface area contributed by atoms with Gasteiger partial charge in [0.2, 0.25) is 0 Å². The molecular weight excluding hydrogens is 336 g/mol. The molecule has 0 saturated heterocycles. The lowest BCUT2D eigenvalue weighted by Gasteiger charge is -2.07. The van der Waals surface area contributed by atoms with E-state index in [0.717, 1.165) is 23.3 Å². The quantitative estimate of drug-likeness (QED) is 0.364. The summed E-state index contributed by atoms with van der Waals surface area (Å²) in [6.07, 6.45) is 6.25. The Morgan fingerprint density at radius 1 is 1.07 bits per heavy atom. The summed E-state index contributed by atoms with van der Waals surface area (Å²) in [4.78, 5) is 12.3. The van der Waals surface area contributed by atoms with Gasteiger partial charge in [-0.15, -0.1) is 0 Å². The van der Waals surface area contributed by atoms with Crippen LogP contribution in [0.3, 0.4) is 0 Å². The minimum absolute atomic E-state index is 0.0591. The molecule has 0 fully saturated rings. The SMILES string of the molecule is CCCCCCOc1ccc(C=C(C#N)C(=O)Nc2ccc(C)cc2)cc1. The second kappa shape index (κ2) is 10.8. The molecule has 0 spiro atoms. The molecule has 0 bridgehead atoms. The Morgan fingerprint density at radius 2 is 1.78 bits per heavy atom. The number of nitrogens with one attached hydrogen (secondary N) is 1. The monoisotopic (exact) mass is 362 g/mol. The van der Waals surface area contributed by atoms with Gasteiger partial charge in [-0.05, 0) is 49.2 Å². The third-order valence-corrected chi connectivity index (χ3v) is 4.13. The van der Waals surface area contributed by atoms with Gasteiger partial charge in [0.15, 0.2) is 0 Å². The Bertz CT molecular complexity index is 800. The molecule has 0 aliphatic rings. The predicted molar refractivity (Wildman–Crippen MR) is 109 cm³/mol. The van der Waals surface area contributed by atoms with Crippen LogP contribution in [0.5, 0.6) is 5.75 Å². The summed E-state index contributed by atoms with van der Waals surface area (Å²) < 4.78 is 5.71. The topological polar surface area (TPSA) is 62.1 Å². The molecule has 2 aromatic rings. The number of hydrogen-bond donors (Lipinski definition) is 1. The van der Waals surface area contributed by atoms with Crippen LogP contribution in [0.25, 0.3) is 6.08 Å². The second-order valence-corrected chi connectivity index (χ2v) is 6.47. The summed E-state index contributed by atoms with van der Waals surface area (Å²) in [5.41, 5.74) is 2.61. The lowest BCUT2D eigenvalue weighted by Crippen LogP contribution is -2.13. The highest BCUT2D eigenvalue weighted by Gasteiger charge is 2.09. The van der Waals surface area contributed by atoms with Crippen molar-refractivity contribution in [2.75, 3.05) is 11.9 Å². The van der Waals surface area contributed by atoms with E-state index in [1.807, 2.05) is 61.5 Å². The Morgan fingerprint density at radius 3 is 2.41 bits per heavy atom. The van der Waals surface area contributed by atoms with Crippen molar-refractivity contribution in [3.63, 3.8) is 0 Å². The minimum Gasteiger partial charge on any atom is -0.494 e. The van der Waals surface area contributed by atoms with Crippen molar-refractivity contribution in [3.05, 3.63) is 65.2 Å². The largest absolute Gasteiger partial charge is 0.494 e. The Hall–Kier alpha value is -3.06. The molecule has 4 nitrogen and oxygen atoms in total. The van der Waals surface area contributed by atoms with Crippen LogP contribution >= 0.6 is 0 Å². The first-order valence-corrected chi connectivity index (χ1v) is 9.35. The standard InChI is InChI=1S/C23H26N2O2/c1-3-4-5-6-15-27-22-13-9-19(10-14-22)16-20(17-24)23(26)25-21-11-7-18(2)8-12-21/h7-14,16H,3-6,15H2,1-2H3,(H,25,26). The minimum atomic E-state index is -0.419. The molecule has 140 valence electrons. The number of aryl methyl sites for hydroxylation is 1. The lowest BCUT2D eigenvalue weighted by molar-refractivity contribution is -0.112. The van der Waals surface area contributed by atoms with E-state index in [-0.39, 0.29) is 5.57 Å². The fourth-order valence-electron chi connectivity index (χ4n) is 2.53. The average Bonchev–Trinajstić information content (AvgIpc) is 2.68. The predicted octanol–water partition coefficient (Wildman–Crippen LogP) is 5.50. The summed E-state index contributed by atoms with van der Waals surface area (Å²) >= 11 is 0. The van der Waals surface area contributed by atoms with Crippen molar-refractivity contribution in [2.45, 2.75) is 39.5 Å². The van der Waals surface area contributed by atoms with Crippen LogP contribution in [0, 0.1) is 18.3 Å². The third-order valence-electron chi connectivity index (χ3n) is 4.13. The molecule has 0 unspecified atom stereocenters. The zero-order valence-electron chi connectivity index (χ0n) is 16.0. The van der Waals surface area contributed by atoms with E-state index >= 15 is 0 Å². The molecule has 2 rings (SSSR count). The van der Waals surface area contributed by atoms with Crippen molar-refractivity contribution in [2.24, 2.45) is 0 Å². The second-order valence-electron chi connectivity index (χ2n) is 6.47. The lowest BCUT2D eigenvalue weighted by atomic mass is 10.1. The maximum absolute atomic E-state index is 12.3. The Labute approximate surface area is 161 Å². The van der Waals surface area contributed by atoms with Gasteiger partial charge in [-0.1, -0.05) is 56.0 Å². The van der Waals surface area contributed by atoms with Crippen molar-refractivity contribution in [1.29, 1.82) is 5.26 Å². The fraction of sp³-hybridized carbons (Fsp3) is 0.304. The number of ether oxygens (including phenoxy) is 1. The molecule has 0 heterocycles. The normalized spacial score (nSPS) is 10.9. The number of amides is 1. The highest BCUT2D eigenvalue weighted by atomic mass is 16.5. The molecule has 2 aromatic carbocycles. The summed E-state index contributed by atoms with van der Waals surface area (Å²) in [5, 5.41) is 12.1. The number of nitriles is 1. The van der Waals surface area contributed by atoms with Gasteiger partial charge in [0.1, 0.15) is 17.4 Å². The van der Waals surface area contributed by atoms with Gasteiger partial charge in [0, 0.05) is 5.69 Å². The first-order valence-electron chi connectivity index (χ1n) is 9.35. The van der Waals surface area contributed by atoms with Crippen LogP contribution < -0.4 is 10.1 Å². The Balaban J connectivity index is 1.95. The molecule has 27 heavy (non-hydrogen) atoms. The number of benzene rings is 2. The van der Waals surface area contributed by atoms with Crippen molar-refractivity contribution in [3.8, 4) is 11.8 Å². The van der Waals surface area contributed by atoms with Crippen LogP contribution in [0.2, 0.25) is 0 Å². The van der Waals surface area contributed by atoms with Crippen LogP contribution in [0.15, 0.2) is 54.1 Å². The van der Waals surface area contributed by atoms with Crippen LogP contribution in [0.4, 0.5) is 5.69 Å². The van der Waals surface area contributed by atoms with E-state index in [4.69, 9.17) is 4.74 Å². The number of rotatable bonds is 9. The Kier molecular flexibility index (Phi) is 8.12. The fourth-order valence-corrected chi connectivity index (χ4v) is 2.53. The van der Waals surface area contributed by atoms with Gasteiger partial charge in [0.05, 0.1) is 6.61 Å². The first-order chi connectivity index (χ1) is 13.1. The van der Waals surface area contributed by atoms with Gasteiger partial charge in [-0.2, -0.15) is 5.26 Å². The third kappa shape index (κ3) is 6.99. The number of carbonyl (C=O) groups excluding carboxylic acids is 1. The summed E-state index contributed by atoms with van der Waals surface area (Å²) in [6.45, 7) is 4.87. The van der Waals surface area contributed by atoms with E-state index < -0.39 is 5.91 Å². The summed E-state index contributed by atoms with van der Waals surface area (Å²) in [5.74, 6) is 0.379. The number of unbranched alkanes of at least 4 members (excludes halogenated alkanes) is 3. The smallest absolute Gasteiger partial charge is 0.266 e. The number of hydrogen-bond acceptors (Lipinski definition) is 3. The number of nitrogens with zero attached hydrogens (tertiary/aromatic N) is 1. The van der Waals surface area contributed by atoms with Crippen molar-refractivity contribution >= 4 is 17.7 Å². The van der Waals surface area contributed by atoms with Gasteiger partial charge < -0.3 is 10.1 Å². The van der Waals surface area contributed by atoms with Gasteiger partial charge in [0.25, 0.3) is 5.91 Å². The van der Waals surface area contributed by atoms with Gasteiger partial charge in [-0.3, -0.25) is 4.79 Å². The maximum atomic E-state index is 12.3. The highest BCUT2D eigenvalue weighted by molar-refractivity contribution is 6.09. The summed E-state index contributed by atoms with van der Waals surface area (Å²) in [6, 6.07) is 16.8. The molecule has 0 aliphatic carbocycles. The molecular formula is C23H26N2O2. The maximum Gasteiger partial charge on any atom is 0.266 e. The molecule has 1 amide bonds. The van der Waals surface area contributed by atoms with Gasteiger partial charge in [-0.25, -0.2) is 0 Å². The van der Waals surface area contributed by atoms with Crippen molar-refractivity contribution < 1.29 is 9.53 Å². The molecule has 0 aromatic heterocycles. The molecule has 4 heteroatoms.